The average molecular weight is 348 g/mol. The summed E-state index contributed by atoms with van der Waals surface area (Å²) in [4.78, 5) is 19.3. The predicted octanol–water partition coefficient (Wildman–Crippen LogP) is 3.71. The maximum Gasteiger partial charge on any atom is 0.271 e. The zero-order valence-corrected chi connectivity index (χ0v) is 15.5. The van der Waals surface area contributed by atoms with Gasteiger partial charge in [-0.15, -0.1) is 0 Å². The summed E-state index contributed by atoms with van der Waals surface area (Å²) in [6, 6.07) is 3.87. The molecule has 138 valence electrons. The lowest BCUT2D eigenvalue weighted by Gasteiger charge is -2.15. The molecule has 25 heavy (non-hydrogen) atoms. The first kappa shape index (κ1) is 19.6. The smallest absolute Gasteiger partial charge is 0.271 e. The number of benzene rings is 1. The lowest BCUT2D eigenvalue weighted by atomic mass is 10.0. The van der Waals surface area contributed by atoms with Gasteiger partial charge >= 0.3 is 0 Å². The van der Waals surface area contributed by atoms with Crippen molar-refractivity contribution in [3.05, 3.63) is 29.6 Å². The third-order valence-electron chi connectivity index (χ3n) is 4.18. The molecule has 0 spiro atoms. The molecule has 0 saturated heterocycles. The van der Waals surface area contributed by atoms with E-state index in [0.717, 1.165) is 35.0 Å². The van der Waals surface area contributed by atoms with Gasteiger partial charge in [-0.25, -0.2) is 4.98 Å². The number of carbonyl (C=O) groups excluding carboxylic acids is 1. The first-order valence-electron chi connectivity index (χ1n) is 9.00. The quantitative estimate of drug-likeness (QED) is 0.772. The number of nitrogens with zero attached hydrogens (tertiary/aromatic N) is 1. The van der Waals surface area contributed by atoms with Gasteiger partial charge in [0.05, 0.1) is 17.4 Å². The minimum atomic E-state index is -0.472. The predicted molar refractivity (Wildman–Crippen MR) is 96.6 cm³/mol. The lowest BCUT2D eigenvalue weighted by Crippen LogP contribution is -2.20. The number of ketones is 1. The summed E-state index contributed by atoms with van der Waals surface area (Å²) in [5, 5.41) is 0. The van der Waals surface area contributed by atoms with Crippen LogP contribution in [0, 0.1) is 5.92 Å². The number of hydrogen-bond donors (Lipinski definition) is 1. The Labute approximate surface area is 148 Å². The Bertz CT molecular complexity index is 669. The van der Waals surface area contributed by atoms with Crippen molar-refractivity contribution >= 4 is 16.8 Å². The van der Waals surface area contributed by atoms with Crippen LogP contribution in [0.2, 0.25) is 0 Å². The standard InChI is InChI=1S/C12H12N2O.C7H16O3/c1-2-7-5-9-8(12(7)15)3-4-10-11(9)14-6-13-10;1-4-8-7(9-5-2)10-6-3/h3-4,6-7H,2,5H2,1H3,(H,13,14);7H,4-6H2,1-3H3. The molecule has 1 aliphatic rings. The van der Waals surface area contributed by atoms with Crippen LogP contribution in [0.3, 0.4) is 0 Å². The van der Waals surface area contributed by atoms with Gasteiger partial charge in [-0.05, 0) is 51.3 Å². The maximum absolute atomic E-state index is 12.0. The molecular formula is C19H28N2O4. The van der Waals surface area contributed by atoms with Crippen molar-refractivity contribution in [2.75, 3.05) is 19.8 Å². The normalized spacial score (nSPS) is 16.2. The van der Waals surface area contributed by atoms with E-state index in [4.69, 9.17) is 14.2 Å². The average Bonchev–Trinajstić information content (AvgIpc) is 3.20. The van der Waals surface area contributed by atoms with Gasteiger partial charge in [0.2, 0.25) is 0 Å². The zero-order chi connectivity index (χ0) is 18.2. The third kappa shape index (κ3) is 4.66. The van der Waals surface area contributed by atoms with Crippen molar-refractivity contribution in [2.24, 2.45) is 5.92 Å². The largest absolute Gasteiger partial charge is 0.345 e. The van der Waals surface area contributed by atoms with E-state index in [1.165, 1.54) is 0 Å². The number of H-pyrrole nitrogens is 1. The SMILES string of the molecule is CCC1Cc2c(ccc3[nH]cnc23)C1=O.CCOC(OCC)OCC. The monoisotopic (exact) mass is 348 g/mol. The van der Waals surface area contributed by atoms with E-state index < -0.39 is 6.48 Å². The summed E-state index contributed by atoms with van der Waals surface area (Å²) in [5.41, 5.74) is 4.00. The van der Waals surface area contributed by atoms with Gasteiger partial charge < -0.3 is 19.2 Å². The number of Topliss-reactive ketones (excluding diaryl/α,β-unsaturated/α-hetero) is 1. The van der Waals surface area contributed by atoms with Gasteiger partial charge in [-0.3, -0.25) is 4.79 Å². The molecule has 1 heterocycles. The Morgan fingerprint density at radius 3 is 2.32 bits per heavy atom. The molecule has 1 unspecified atom stereocenters. The molecule has 1 aromatic carbocycles. The van der Waals surface area contributed by atoms with Crippen LogP contribution < -0.4 is 0 Å². The van der Waals surface area contributed by atoms with Gasteiger partial charge in [0.1, 0.15) is 0 Å². The lowest BCUT2D eigenvalue weighted by molar-refractivity contribution is -0.282. The number of imidazole rings is 1. The number of ether oxygens (including phenoxy) is 3. The summed E-state index contributed by atoms with van der Waals surface area (Å²) >= 11 is 0. The van der Waals surface area contributed by atoms with Crippen molar-refractivity contribution in [1.29, 1.82) is 0 Å². The number of hydrogen-bond acceptors (Lipinski definition) is 5. The molecule has 3 rings (SSSR count). The van der Waals surface area contributed by atoms with Crippen LogP contribution in [0.5, 0.6) is 0 Å². The number of rotatable bonds is 7. The summed E-state index contributed by atoms with van der Waals surface area (Å²) in [5.74, 6) is 0.458. The number of aromatic nitrogens is 2. The zero-order valence-electron chi connectivity index (χ0n) is 15.5. The van der Waals surface area contributed by atoms with Crippen molar-refractivity contribution < 1.29 is 19.0 Å². The Kier molecular flexibility index (Phi) is 7.55. The molecule has 0 bridgehead atoms. The Morgan fingerprint density at radius 1 is 1.12 bits per heavy atom. The Morgan fingerprint density at radius 2 is 1.76 bits per heavy atom. The van der Waals surface area contributed by atoms with Crippen molar-refractivity contribution in [3.63, 3.8) is 0 Å². The molecule has 6 heteroatoms. The molecule has 1 aromatic heterocycles. The molecule has 1 N–H and O–H groups in total. The van der Waals surface area contributed by atoms with E-state index in [1.807, 2.05) is 32.9 Å². The molecular weight excluding hydrogens is 320 g/mol. The second kappa shape index (κ2) is 9.65. The van der Waals surface area contributed by atoms with Gasteiger partial charge in [0, 0.05) is 31.3 Å². The van der Waals surface area contributed by atoms with E-state index in [0.29, 0.717) is 19.8 Å². The van der Waals surface area contributed by atoms with Crippen LogP contribution in [0.1, 0.15) is 50.0 Å². The molecule has 0 fully saturated rings. The second-order valence-electron chi connectivity index (χ2n) is 5.72. The van der Waals surface area contributed by atoms with Gasteiger partial charge in [0.25, 0.3) is 6.48 Å². The molecule has 0 aliphatic heterocycles. The minimum absolute atomic E-state index is 0.169. The van der Waals surface area contributed by atoms with E-state index in [2.05, 4.69) is 16.9 Å². The number of carbonyl (C=O) groups is 1. The Balaban J connectivity index is 0.000000199. The molecule has 6 nitrogen and oxygen atoms in total. The van der Waals surface area contributed by atoms with Crippen molar-refractivity contribution in [3.8, 4) is 0 Å². The van der Waals surface area contributed by atoms with Crippen LogP contribution in [0.25, 0.3) is 11.0 Å². The third-order valence-corrected chi connectivity index (χ3v) is 4.18. The molecule has 0 saturated carbocycles. The fourth-order valence-corrected chi connectivity index (χ4v) is 2.95. The summed E-state index contributed by atoms with van der Waals surface area (Å²) in [6.45, 7) is 9.16. The highest BCUT2D eigenvalue weighted by Gasteiger charge is 2.30. The van der Waals surface area contributed by atoms with Crippen LogP contribution in [0.15, 0.2) is 18.5 Å². The van der Waals surface area contributed by atoms with Crippen LogP contribution >= 0.6 is 0 Å². The molecule has 0 amide bonds. The van der Waals surface area contributed by atoms with Crippen LogP contribution in [-0.2, 0) is 20.6 Å². The van der Waals surface area contributed by atoms with E-state index in [-0.39, 0.29) is 11.7 Å². The van der Waals surface area contributed by atoms with Crippen molar-refractivity contribution in [1.82, 2.24) is 9.97 Å². The van der Waals surface area contributed by atoms with Gasteiger partial charge in [-0.2, -0.15) is 0 Å². The fourth-order valence-electron chi connectivity index (χ4n) is 2.95. The maximum atomic E-state index is 12.0. The summed E-state index contributed by atoms with van der Waals surface area (Å²) in [7, 11) is 0. The highest BCUT2D eigenvalue weighted by molar-refractivity contribution is 6.06. The van der Waals surface area contributed by atoms with Crippen molar-refractivity contribution in [2.45, 2.75) is 47.0 Å². The first-order chi connectivity index (χ1) is 12.2. The molecule has 1 aliphatic carbocycles. The fraction of sp³-hybridized carbons (Fsp3) is 0.579. The summed E-state index contributed by atoms with van der Waals surface area (Å²) in [6.07, 6.45) is 3.46. The van der Waals surface area contributed by atoms with Gasteiger partial charge in [0.15, 0.2) is 5.78 Å². The van der Waals surface area contributed by atoms with E-state index in [1.54, 1.807) is 6.33 Å². The second-order valence-corrected chi connectivity index (χ2v) is 5.72. The molecule has 2 aromatic rings. The van der Waals surface area contributed by atoms with E-state index in [9.17, 15) is 4.79 Å². The topological polar surface area (TPSA) is 73.4 Å². The highest BCUT2D eigenvalue weighted by atomic mass is 16.8. The van der Waals surface area contributed by atoms with Gasteiger partial charge in [-0.1, -0.05) is 6.92 Å². The number of nitrogens with one attached hydrogen (secondary N) is 1. The Hall–Kier alpha value is -1.76. The minimum Gasteiger partial charge on any atom is -0.345 e. The number of fused-ring (bicyclic) bond motifs is 3. The molecule has 0 radical (unpaired) electrons. The van der Waals surface area contributed by atoms with E-state index >= 15 is 0 Å². The van der Waals surface area contributed by atoms with Crippen LogP contribution in [0.4, 0.5) is 0 Å². The first-order valence-corrected chi connectivity index (χ1v) is 9.00. The van der Waals surface area contributed by atoms with Crippen LogP contribution in [-0.4, -0.2) is 42.0 Å². The highest BCUT2D eigenvalue weighted by Crippen LogP contribution is 2.32. The number of aromatic amines is 1. The molecule has 1 atom stereocenters. The summed E-state index contributed by atoms with van der Waals surface area (Å²) < 4.78 is 15.2.